The van der Waals surface area contributed by atoms with Gasteiger partial charge in [0.15, 0.2) is 0 Å². The van der Waals surface area contributed by atoms with Crippen molar-refractivity contribution in [2.75, 3.05) is 12.0 Å². The third-order valence-corrected chi connectivity index (χ3v) is 1.80. The van der Waals surface area contributed by atoms with Crippen LogP contribution in [-0.2, 0) is 0 Å². The van der Waals surface area contributed by atoms with E-state index in [1.807, 2.05) is 6.92 Å². The molecule has 0 bridgehead atoms. The molecule has 4 nitrogen and oxygen atoms in total. The molecule has 0 saturated heterocycles. The molecular formula is C9H12ClN3O. The minimum atomic E-state index is 0.389. The zero-order chi connectivity index (χ0) is 10.4. The normalized spacial score (nSPS) is 11.4. The zero-order valence-electron chi connectivity index (χ0n) is 7.90. The van der Waals surface area contributed by atoms with E-state index in [2.05, 4.69) is 10.6 Å². The number of benzene rings is 1. The van der Waals surface area contributed by atoms with Gasteiger partial charge in [-0.3, -0.25) is 0 Å². The van der Waals surface area contributed by atoms with Crippen LogP contribution in [0.2, 0.25) is 5.02 Å². The van der Waals surface area contributed by atoms with Crippen LogP contribution in [0, 0.1) is 5.21 Å². The van der Waals surface area contributed by atoms with Gasteiger partial charge in [0.1, 0.15) is 12.2 Å². The van der Waals surface area contributed by atoms with Crippen molar-refractivity contribution in [1.82, 2.24) is 0 Å². The molecule has 0 spiro atoms. The molecule has 0 aromatic heterocycles. The minimum absolute atomic E-state index is 0.389. The zero-order valence-corrected chi connectivity index (χ0v) is 8.66. The summed E-state index contributed by atoms with van der Waals surface area (Å²) in [5, 5.41) is 15.2. The van der Waals surface area contributed by atoms with E-state index in [0.29, 0.717) is 16.4 Å². The summed E-state index contributed by atoms with van der Waals surface area (Å²) in [6.45, 7) is 2.31. The topological polar surface area (TPSA) is 50.5 Å². The number of hydroxylamine groups is 1. The number of anilines is 1. The summed E-state index contributed by atoms with van der Waals surface area (Å²) >= 11 is 5.69. The average molecular weight is 214 g/mol. The number of rotatable bonds is 4. The van der Waals surface area contributed by atoms with Crippen molar-refractivity contribution in [2.24, 2.45) is 5.22 Å². The van der Waals surface area contributed by atoms with Crippen molar-refractivity contribution in [3.63, 3.8) is 0 Å². The van der Waals surface area contributed by atoms with Gasteiger partial charge in [0.05, 0.1) is 5.22 Å². The third-order valence-electron chi connectivity index (χ3n) is 1.55. The second kappa shape index (κ2) is 5.44. The second-order valence-electron chi connectivity index (χ2n) is 2.79. The van der Waals surface area contributed by atoms with E-state index in [1.54, 1.807) is 24.3 Å². The molecule has 1 N–H and O–H groups in total. The first-order valence-corrected chi connectivity index (χ1v) is 4.77. The van der Waals surface area contributed by atoms with Crippen LogP contribution in [0.4, 0.5) is 5.69 Å². The molecule has 0 saturated carbocycles. The highest BCUT2D eigenvalue weighted by Crippen LogP contribution is 2.13. The van der Waals surface area contributed by atoms with Crippen molar-refractivity contribution in [3.05, 3.63) is 34.5 Å². The van der Waals surface area contributed by atoms with Gasteiger partial charge in [-0.25, -0.2) is 0 Å². The number of halogens is 1. The smallest absolute Gasteiger partial charge is 0.146 e. The molecule has 1 aromatic rings. The number of nitrogens with zero attached hydrogens (tertiary/aromatic N) is 2. The Morgan fingerprint density at radius 1 is 1.43 bits per heavy atom. The molecule has 0 unspecified atom stereocenters. The fourth-order valence-electron chi connectivity index (χ4n) is 0.879. The molecule has 0 fully saturated rings. The van der Waals surface area contributed by atoms with Crippen LogP contribution in [-0.4, -0.2) is 11.4 Å². The van der Waals surface area contributed by atoms with Gasteiger partial charge < -0.3 is 5.21 Å². The predicted octanol–water partition coefficient (Wildman–Crippen LogP) is 3.04. The SMILES string of the molecule is CCC[N+]([O-])=NNc1ccc(Cl)cc1. The maximum absolute atomic E-state index is 10.9. The summed E-state index contributed by atoms with van der Waals surface area (Å²) in [4.78, 5) is 0.620. The molecular weight excluding hydrogens is 202 g/mol. The minimum Gasteiger partial charge on any atom is -0.696 e. The Kier molecular flexibility index (Phi) is 4.19. The highest BCUT2D eigenvalue weighted by atomic mass is 35.5. The lowest BCUT2D eigenvalue weighted by atomic mass is 10.3. The van der Waals surface area contributed by atoms with Gasteiger partial charge >= 0.3 is 0 Å². The summed E-state index contributed by atoms with van der Waals surface area (Å²) in [6.07, 6.45) is 0.773. The molecule has 0 atom stereocenters. The third kappa shape index (κ3) is 3.62. The first-order chi connectivity index (χ1) is 6.72. The van der Waals surface area contributed by atoms with E-state index in [1.165, 1.54) is 0 Å². The van der Waals surface area contributed by atoms with Crippen molar-refractivity contribution >= 4 is 17.3 Å². The van der Waals surface area contributed by atoms with Gasteiger partial charge in [-0.1, -0.05) is 18.5 Å². The van der Waals surface area contributed by atoms with Gasteiger partial charge in [0.25, 0.3) is 0 Å². The first kappa shape index (κ1) is 10.8. The number of hydrogen-bond donors (Lipinski definition) is 1. The fraction of sp³-hybridized carbons (Fsp3) is 0.333. The lowest BCUT2D eigenvalue weighted by Gasteiger charge is -2.02. The molecule has 14 heavy (non-hydrogen) atoms. The van der Waals surface area contributed by atoms with Crippen LogP contribution in [0.25, 0.3) is 0 Å². The molecule has 1 aromatic carbocycles. The van der Waals surface area contributed by atoms with Gasteiger partial charge in [0.2, 0.25) is 0 Å². The van der Waals surface area contributed by atoms with Crippen molar-refractivity contribution in [3.8, 4) is 0 Å². The second-order valence-corrected chi connectivity index (χ2v) is 3.23. The lowest BCUT2D eigenvalue weighted by Crippen LogP contribution is -2.04. The van der Waals surface area contributed by atoms with E-state index < -0.39 is 0 Å². The molecule has 1 rings (SSSR count). The summed E-state index contributed by atoms with van der Waals surface area (Å²) in [5.41, 5.74) is 3.38. The summed E-state index contributed by atoms with van der Waals surface area (Å²) in [6, 6.07) is 6.97. The standard InChI is InChI=1S/C9H12ClN3O/c1-2-7-13(14)12-11-9-5-3-8(10)4-6-9/h3-6,11H,2,7H2,1H3. The fourth-order valence-corrected chi connectivity index (χ4v) is 1.01. The van der Waals surface area contributed by atoms with E-state index in [-0.39, 0.29) is 0 Å². The molecule has 0 aliphatic rings. The van der Waals surface area contributed by atoms with Crippen LogP contribution >= 0.6 is 11.6 Å². The molecule has 0 aliphatic carbocycles. The van der Waals surface area contributed by atoms with E-state index >= 15 is 0 Å². The van der Waals surface area contributed by atoms with E-state index in [0.717, 1.165) is 12.1 Å². The van der Waals surface area contributed by atoms with Crippen molar-refractivity contribution < 1.29 is 4.86 Å². The van der Waals surface area contributed by atoms with Crippen LogP contribution in [0.3, 0.4) is 0 Å². The van der Waals surface area contributed by atoms with Crippen LogP contribution in [0.15, 0.2) is 29.5 Å². The van der Waals surface area contributed by atoms with Gasteiger partial charge in [0, 0.05) is 5.02 Å². The molecule has 0 heterocycles. The summed E-state index contributed by atoms with van der Waals surface area (Å²) in [5.74, 6) is 0. The van der Waals surface area contributed by atoms with Gasteiger partial charge in [-0.2, -0.15) is 4.86 Å². The average Bonchev–Trinajstić information content (AvgIpc) is 2.17. The Labute approximate surface area is 87.8 Å². The molecule has 0 aliphatic heterocycles. The highest BCUT2D eigenvalue weighted by Gasteiger charge is 1.95. The quantitative estimate of drug-likeness (QED) is 0.475. The number of nitrogens with one attached hydrogen (secondary N) is 1. The monoisotopic (exact) mass is 213 g/mol. The Hall–Kier alpha value is -1.29. The molecule has 0 amide bonds. The molecule has 0 radical (unpaired) electrons. The molecule has 76 valence electrons. The Morgan fingerprint density at radius 2 is 2.07 bits per heavy atom. The van der Waals surface area contributed by atoms with Crippen molar-refractivity contribution in [1.29, 1.82) is 0 Å². The highest BCUT2D eigenvalue weighted by molar-refractivity contribution is 6.30. The maximum Gasteiger partial charge on any atom is 0.146 e. The summed E-state index contributed by atoms with van der Waals surface area (Å²) in [7, 11) is 0. The Morgan fingerprint density at radius 3 is 2.64 bits per heavy atom. The van der Waals surface area contributed by atoms with Crippen LogP contribution in [0.5, 0.6) is 0 Å². The maximum atomic E-state index is 10.9. The van der Waals surface area contributed by atoms with Crippen molar-refractivity contribution in [2.45, 2.75) is 13.3 Å². The van der Waals surface area contributed by atoms with Gasteiger partial charge in [-0.05, 0) is 30.7 Å². The number of hydrogen-bond acceptors (Lipinski definition) is 2. The molecule has 5 heteroatoms. The summed E-state index contributed by atoms with van der Waals surface area (Å²) < 4.78 is 0. The van der Waals surface area contributed by atoms with Gasteiger partial charge in [-0.15, -0.1) is 5.43 Å². The lowest BCUT2D eigenvalue weighted by molar-refractivity contribution is -0.528. The predicted molar refractivity (Wildman–Crippen MR) is 56.3 cm³/mol. The largest absolute Gasteiger partial charge is 0.696 e. The first-order valence-electron chi connectivity index (χ1n) is 4.39. The Balaban J connectivity index is 2.53. The van der Waals surface area contributed by atoms with E-state index in [4.69, 9.17) is 11.6 Å². The van der Waals surface area contributed by atoms with Crippen LogP contribution in [0.1, 0.15) is 13.3 Å². The Bertz CT molecular complexity index is 310. The van der Waals surface area contributed by atoms with E-state index in [9.17, 15) is 5.21 Å². The van der Waals surface area contributed by atoms with Crippen LogP contribution < -0.4 is 5.43 Å².